The van der Waals surface area contributed by atoms with Crippen molar-refractivity contribution in [2.45, 2.75) is 39.3 Å². The number of aromatic hydroxyl groups is 1. The molecule has 0 aliphatic carbocycles. The Labute approximate surface area is 124 Å². The van der Waals surface area contributed by atoms with Crippen molar-refractivity contribution in [1.82, 2.24) is 4.90 Å². The van der Waals surface area contributed by atoms with Crippen LogP contribution in [0.1, 0.15) is 40.5 Å². The van der Waals surface area contributed by atoms with Gasteiger partial charge < -0.3 is 5.11 Å². The average molecular weight is 287 g/mol. The van der Waals surface area contributed by atoms with Gasteiger partial charge in [0, 0.05) is 23.0 Å². The second kappa shape index (κ2) is 5.58. The van der Waals surface area contributed by atoms with Crippen LogP contribution in [0.15, 0.2) is 29.6 Å². The van der Waals surface area contributed by atoms with E-state index in [9.17, 15) is 5.11 Å². The van der Waals surface area contributed by atoms with Crippen LogP contribution >= 0.6 is 11.3 Å². The maximum atomic E-state index is 10.2. The van der Waals surface area contributed by atoms with Gasteiger partial charge in [-0.1, -0.05) is 12.1 Å². The lowest BCUT2D eigenvalue weighted by Crippen LogP contribution is -2.22. The Kier molecular flexibility index (Phi) is 3.81. The van der Waals surface area contributed by atoms with E-state index in [4.69, 9.17) is 0 Å². The third-order valence-corrected chi connectivity index (χ3v) is 5.28. The van der Waals surface area contributed by atoms with E-state index in [2.05, 4.69) is 35.4 Å². The first-order chi connectivity index (χ1) is 9.65. The number of phenols is 1. The number of thiophene rings is 1. The van der Waals surface area contributed by atoms with Gasteiger partial charge in [-0.25, -0.2) is 0 Å². The minimum atomic E-state index is 0.435. The van der Waals surface area contributed by atoms with E-state index in [0.29, 0.717) is 11.8 Å². The molecule has 1 fully saturated rings. The largest absolute Gasteiger partial charge is 0.508 e. The van der Waals surface area contributed by atoms with Gasteiger partial charge >= 0.3 is 0 Å². The smallest absolute Gasteiger partial charge is 0.120 e. The zero-order valence-electron chi connectivity index (χ0n) is 12.1. The van der Waals surface area contributed by atoms with Gasteiger partial charge in [0.2, 0.25) is 0 Å². The standard InChI is InChI=1S/C17H21NOS/c1-12-9-14(16(19)10-13(12)2)11-18-7-3-5-15(18)17-6-4-8-20-17/h4,6,8-10,15,19H,3,5,7,11H2,1-2H3/t15-/m0/s1. The minimum Gasteiger partial charge on any atom is -0.508 e. The van der Waals surface area contributed by atoms with E-state index < -0.39 is 0 Å². The second-order valence-electron chi connectivity index (χ2n) is 5.71. The first-order valence-electron chi connectivity index (χ1n) is 7.21. The summed E-state index contributed by atoms with van der Waals surface area (Å²) in [5.74, 6) is 0.435. The lowest BCUT2D eigenvalue weighted by molar-refractivity contribution is 0.248. The van der Waals surface area contributed by atoms with Crippen LogP contribution < -0.4 is 0 Å². The highest BCUT2D eigenvalue weighted by atomic mass is 32.1. The Balaban J connectivity index is 1.82. The van der Waals surface area contributed by atoms with Crippen LogP contribution in [0, 0.1) is 13.8 Å². The molecule has 0 unspecified atom stereocenters. The summed E-state index contributed by atoms with van der Waals surface area (Å²) in [6, 6.07) is 8.91. The molecule has 20 heavy (non-hydrogen) atoms. The fourth-order valence-electron chi connectivity index (χ4n) is 3.02. The minimum absolute atomic E-state index is 0.435. The van der Waals surface area contributed by atoms with Gasteiger partial charge in [-0.2, -0.15) is 0 Å². The molecule has 106 valence electrons. The zero-order valence-corrected chi connectivity index (χ0v) is 12.9. The molecule has 1 aliphatic rings. The molecule has 1 saturated heterocycles. The van der Waals surface area contributed by atoms with E-state index in [1.807, 2.05) is 24.3 Å². The van der Waals surface area contributed by atoms with Crippen molar-refractivity contribution >= 4 is 11.3 Å². The van der Waals surface area contributed by atoms with Crippen LogP contribution in [0.2, 0.25) is 0 Å². The summed E-state index contributed by atoms with van der Waals surface area (Å²) in [6.07, 6.45) is 2.47. The lowest BCUT2D eigenvalue weighted by atomic mass is 10.0. The highest BCUT2D eigenvalue weighted by molar-refractivity contribution is 7.10. The maximum absolute atomic E-state index is 10.2. The Bertz CT molecular complexity index is 591. The summed E-state index contributed by atoms with van der Waals surface area (Å²) in [4.78, 5) is 3.95. The van der Waals surface area contributed by atoms with E-state index in [-0.39, 0.29) is 0 Å². The fraction of sp³-hybridized carbons (Fsp3) is 0.412. The van der Waals surface area contributed by atoms with Crippen LogP contribution in [0.25, 0.3) is 0 Å². The third-order valence-electron chi connectivity index (χ3n) is 4.30. The van der Waals surface area contributed by atoms with Gasteiger partial charge in [-0.15, -0.1) is 11.3 Å². The number of aryl methyl sites for hydroxylation is 2. The van der Waals surface area contributed by atoms with Gasteiger partial charge in [0.1, 0.15) is 5.75 Å². The molecule has 1 atom stereocenters. The van der Waals surface area contributed by atoms with Crippen LogP contribution in [0.4, 0.5) is 0 Å². The molecule has 3 rings (SSSR count). The van der Waals surface area contributed by atoms with E-state index in [1.165, 1.54) is 23.3 Å². The number of nitrogens with zero attached hydrogens (tertiary/aromatic N) is 1. The first-order valence-corrected chi connectivity index (χ1v) is 8.09. The van der Waals surface area contributed by atoms with Crippen molar-refractivity contribution < 1.29 is 5.11 Å². The van der Waals surface area contributed by atoms with Crippen molar-refractivity contribution in [3.63, 3.8) is 0 Å². The monoisotopic (exact) mass is 287 g/mol. The molecule has 0 saturated carbocycles. The number of phenolic OH excluding ortho intramolecular Hbond substituents is 1. The highest BCUT2D eigenvalue weighted by Crippen LogP contribution is 2.36. The lowest BCUT2D eigenvalue weighted by Gasteiger charge is -2.24. The molecular weight excluding hydrogens is 266 g/mol. The van der Waals surface area contributed by atoms with E-state index >= 15 is 0 Å². The molecule has 2 aromatic rings. The highest BCUT2D eigenvalue weighted by Gasteiger charge is 2.27. The van der Waals surface area contributed by atoms with Gasteiger partial charge in [-0.05, 0) is 61.9 Å². The molecule has 2 heterocycles. The van der Waals surface area contributed by atoms with E-state index in [1.54, 1.807) is 0 Å². The van der Waals surface area contributed by atoms with Crippen LogP contribution in [-0.2, 0) is 6.54 Å². The number of hydrogen-bond acceptors (Lipinski definition) is 3. The molecule has 1 aromatic carbocycles. The molecule has 0 spiro atoms. The summed E-state index contributed by atoms with van der Waals surface area (Å²) in [6.45, 7) is 6.12. The predicted molar refractivity (Wildman–Crippen MR) is 84.3 cm³/mol. The maximum Gasteiger partial charge on any atom is 0.120 e. The van der Waals surface area contributed by atoms with Gasteiger partial charge in [0.05, 0.1) is 0 Å². The predicted octanol–water partition coefficient (Wildman–Crippen LogP) is 4.41. The van der Waals surface area contributed by atoms with Crippen LogP contribution in [0.3, 0.4) is 0 Å². The number of benzene rings is 1. The van der Waals surface area contributed by atoms with Crippen molar-refractivity contribution in [2.24, 2.45) is 0 Å². The van der Waals surface area contributed by atoms with Crippen molar-refractivity contribution in [3.8, 4) is 5.75 Å². The molecule has 0 amide bonds. The summed E-state index contributed by atoms with van der Waals surface area (Å²) in [7, 11) is 0. The summed E-state index contributed by atoms with van der Waals surface area (Å²) in [5.41, 5.74) is 3.46. The van der Waals surface area contributed by atoms with Gasteiger partial charge in [0.25, 0.3) is 0 Å². The first kappa shape index (κ1) is 13.7. The molecule has 1 aliphatic heterocycles. The Morgan fingerprint density at radius 2 is 2.10 bits per heavy atom. The molecule has 3 heteroatoms. The van der Waals surface area contributed by atoms with Gasteiger partial charge in [-0.3, -0.25) is 4.90 Å². The summed E-state index contributed by atoms with van der Waals surface area (Å²) in [5, 5.41) is 12.3. The van der Waals surface area contributed by atoms with Gasteiger partial charge in [0.15, 0.2) is 0 Å². The summed E-state index contributed by atoms with van der Waals surface area (Å²) < 4.78 is 0. The average Bonchev–Trinajstić information content (AvgIpc) is 3.06. The quantitative estimate of drug-likeness (QED) is 0.904. The second-order valence-corrected chi connectivity index (χ2v) is 6.69. The number of hydrogen-bond donors (Lipinski definition) is 1. The molecule has 1 aromatic heterocycles. The number of rotatable bonds is 3. The Morgan fingerprint density at radius 3 is 2.85 bits per heavy atom. The van der Waals surface area contributed by atoms with E-state index in [0.717, 1.165) is 24.2 Å². The number of likely N-dealkylation sites (tertiary alicyclic amines) is 1. The summed E-state index contributed by atoms with van der Waals surface area (Å²) >= 11 is 1.84. The third kappa shape index (κ3) is 2.60. The molecule has 2 nitrogen and oxygen atoms in total. The van der Waals surface area contributed by atoms with Crippen molar-refractivity contribution in [1.29, 1.82) is 0 Å². The van der Waals surface area contributed by atoms with Crippen molar-refractivity contribution in [2.75, 3.05) is 6.54 Å². The molecular formula is C17H21NOS. The fourth-order valence-corrected chi connectivity index (χ4v) is 3.92. The Hall–Kier alpha value is -1.32. The van der Waals surface area contributed by atoms with Crippen molar-refractivity contribution in [3.05, 3.63) is 51.2 Å². The SMILES string of the molecule is Cc1cc(O)c(CN2CCC[C@H]2c2cccs2)cc1C. The normalized spacial score (nSPS) is 19.6. The Morgan fingerprint density at radius 1 is 1.30 bits per heavy atom. The van der Waals surface area contributed by atoms with Crippen LogP contribution in [0.5, 0.6) is 5.75 Å². The molecule has 0 bridgehead atoms. The zero-order chi connectivity index (χ0) is 14.1. The van der Waals surface area contributed by atoms with Crippen LogP contribution in [-0.4, -0.2) is 16.6 Å². The molecule has 1 N–H and O–H groups in total. The topological polar surface area (TPSA) is 23.5 Å². The molecule has 0 radical (unpaired) electrons.